The van der Waals surface area contributed by atoms with Crippen molar-refractivity contribution in [2.45, 2.75) is 25.5 Å². The lowest BCUT2D eigenvalue weighted by atomic mass is 10.2. The van der Waals surface area contributed by atoms with Gasteiger partial charge >= 0.3 is 0 Å². The Morgan fingerprint density at radius 2 is 2.50 bits per heavy atom. The SMILES string of the molecule is Nc1cccn(C[C@@H]2CCCO2)c1=O. The number of nitrogen functional groups attached to an aromatic ring is 1. The van der Waals surface area contributed by atoms with Gasteiger partial charge in [-0.25, -0.2) is 0 Å². The summed E-state index contributed by atoms with van der Waals surface area (Å²) in [5.74, 6) is 0. The van der Waals surface area contributed by atoms with Crippen molar-refractivity contribution in [3.63, 3.8) is 0 Å². The van der Waals surface area contributed by atoms with Crippen LogP contribution in [-0.2, 0) is 11.3 Å². The molecule has 14 heavy (non-hydrogen) atoms. The maximum atomic E-state index is 11.5. The molecule has 2 N–H and O–H groups in total. The molecule has 1 atom stereocenters. The molecule has 1 aliphatic heterocycles. The van der Waals surface area contributed by atoms with Crippen LogP contribution >= 0.6 is 0 Å². The zero-order valence-electron chi connectivity index (χ0n) is 7.98. The molecule has 4 nitrogen and oxygen atoms in total. The number of anilines is 1. The van der Waals surface area contributed by atoms with E-state index in [-0.39, 0.29) is 11.7 Å². The number of hydrogen-bond donors (Lipinski definition) is 1. The molecule has 0 aliphatic carbocycles. The normalized spacial score (nSPS) is 21.3. The first-order chi connectivity index (χ1) is 6.77. The maximum absolute atomic E-state index is 11.5. The number of hydrogen-bond acceptors (Lipinski definition) is 3. The lowest BCUT2D eigenvalue weighted by Gasteiger charge is -2.11. The highest BCUT2D eigenvalue weighted by atomic mass is 16.5. The predicted octanol–water partition coefficient (Wildman–Crippen LogP) is 0.609. The summed E-state index contributed by atoms with van der Waals surface area (Å²) < 4.78 is 7.07. The number of nitrogens with zero attached hydrogens (tertiary/aromatic N) is 1. The first-order valence-corrected chi connectivity index (χ1v) is 4.84. The Labute approximate surface area is 82.3 Å². The summed E-state index contributed by atoms with van der Waals surface area (Å²) in [4.78, 5) is 11.5. The quantitative estimate of drug-likeness (QED) is 0.750. The molecule has 4 heteroatoms. The molecular formula is C10H14N2O2. The highest BCUT2D eigenvalue weighted by Crippen LogP contribution is 2.13. The summed E-state index contributed by atoms with van der Waals surface area (Å²) >= 11 is 0. The molecule has 0 spiro atoms. The average Bonchev–Trinajstić information content (AvgIpc) is 2.66. The third-order valence-corrected chi connectivity index (χ3v) is 2.47. The molecule has 0 radical (unpaired) electrons. The topological polar surface area (TPSA) is 57.2 Å². The van der Waals surface area contributed by atoms with Crippen LogP contribution in [0.1, 0.15) is 12.8 Å². The van der Waals surface area contributed by atoms with E-state index in [1.54, 1.807) is 22.9 Å². The highest BCUT2D eigenvalue weighted by molar-refractivity contribution is 5.33. The summed E-state index contributed by atoms with van der Waals surface area (Å²) in [5, 5.41) is 0. The molecule has 76 valence electrons. The Kier molecular flexibility index (Phi) is 2.54. The van der Waals surface area contributed by atoms with Gasteiger partial charge in [0, 0.05) is 12.8 Å². The zero-order chi connectivity index (χ0) is 9.97. The molecule has 1 aromatic rings. The lowest BCUT2D eigenvalue weighted by Crippen LogP contribution is -2.27. The van der Waals surface area contributed by atoms with Crippen LogP contribution in [0, 0.1) is 0 Å². The van der Waals surface area contributed by atoms with Gasteiger partial charge in [0.05, 0.1) is 18.3 Å². The van der Waals surface area contributed by atoms with Gasteiger partial charge < -0.3 is 15.0 Å². The van der Waals surface area contributed by atoms with Crippen molar-refractivity contribution in [3.05, 3.63) is 28.7 Å². The second-order valence-electron chi connectivity index (χ2n) is 3.56. The molecule has 0 bridgehead atoms. The second kappa shape index (κ2) is 3.84. The van der Waals surface area contributed by atoms with Gasteiger partial charge in [0.1, 0.15) is 0 Å². The Morgan fingerprint density at radius 3 is 3.21 bits per heavy atom. The Hall–Kier alpha value is -1.29. The van der Waals surface area contributed by atoms with E-state index < -0.39 is 0 Å². The van der Waals surface area contributed by atoms with Crippen molar-refractivity contribution in [2.75, 3.05) is 12.3 Å². The molecule has 2 rings (SSSR count). The van der Waals surface area contributed by atoms with Crippen LogP contribution in [0.2, 0.25) is 0 Å². The van der Waals surface area contributed by atoms with E-state index in [9.17, 15) is 4.79 Å². The third kappa shape index (κ3) is 1.80. The van der Waals surface area contributed by atoms with Crippen molar-refractivity contribution in [1.29, 1.82) is 0 Å². The fraction of sp³-hybridized carbons (Fsp3) is 0.500. The average molecular weight is 194 g/mol. The van der Waals surface area contributed by atoms with Crippen molar-refractivity contribution < 1.29 is 4.74 Å². The van der Waals surface area contributed by atoms with Gasteiger partial charge in [-0.1, -0.05) is 0 Å². The monoisotopic (exact) mass is 194 g/mol. The zero-order valence-corrected chi connectivity index (χ0v) is 7.98. The predicted molar refractivity (Wildman–Crippen MR) is 54.1 cm³/mol. The van der Waals surface area contributed by atoms with E-state index in [4.69, 9.17) is 10.5 Å². The summed E-state index contributed by atoms with van der Waals surface area (Å²) in [5.41, 5.74) is 5.70. The standard InChI is InChI=1S/C10H14N2O2/c11-9-4-1-5-12(10(9)13)7-8-3-2-6-14-8/h1,4-5,8H,2-3,6-7,11H2/t8-/m0/s1. The summed E-state index contributed by atoms with van der Waals surface area (Å²) in [6.07, 6.45) is 4.04. The van der Waals surface area contributed by atoms with Gasteiger partial charge in [-0.2, -0.15) is 0 Å². The molecule has 2 heterocycles. The van der Waals surface area contributed by atoms with E-state index in [0.717, 1.165) is 19.4 Å². The number of rotatable bonds is 2. The smallest absolute Gasteiger partial charge is 0.273 e. The number of aromatic nitrogens is 1. The lowest BCUT2D eigenvalue weighted by molar-refractivity contribution is 0.0962. The number of ether oxygens (including phenoxy) is 1. The summed E-state index contributed by atoms with van der Waals surface area (Å²) in [6, 6.07) is 3.40. The van der Waals surface area contributed by atoms with Gasteiger partial charge in [0.25, 0.3) is 5.56 Å². The van der Waals surface area contributed by atoms with Gasteiger partial charge in [-0.3, -0.25) is 4.79 Å². The van der Waals surface area contributed by atoms with E-state index in [1.807, 2.05) is 0 Å². The van der Waals surface area contributed by atoms with Crippen LogP contribution in [0.3, 0.4) is 0 Å². The van der Waals surface area contributed by atoms with Crippen LogP contribution in [0.25, 0.3) is 0 Å². The highest BCUT2D eigenvalue weighted by Gasteiger charge is 2.16. The molecule has 1 aliphatic rings. The fourth-order valence-electron chi connectivity index (χ4n) is 1.71. The van der Waals surface area contributed by atoms with Crippen LogP contribution in [0.15, 0.2) is 23.1 Å². The van der Waals surface area contributed by atoms with Gasteiger partial charge in [-0.05, 0) is 25.0 Å². The van der Waals surface area contributed by atoms with E-state index in [0.29, 0.717) is 12.2 Å². The molecule has 0 unspecified atom stereocenters. The minimum absolute atomic E-state index is 0.122. The van der Waals surface area contributed by atoms with Crippen LogP contribution < -0.4 is 11.3 Å². The van der Waals surface area contributed by atoms with Crippen molar-refractivity contribution in [2.24, 2.45) is 0 Å². The first-order valence-electron chi connectivity index (χ1n) is 4.84. The van der Waals surface area contributed by atoms with Gasteiger partial charge in [-0.15, -0.1) is 0 Å². The Bertz CT molecular complexity index is 367. The minimum Gasteiger partial charge on any atom is -0.394 e. The third-order valence-electron chi connectivity index (χ3n) is 2.47. The molecule has 1 fully saturated rings. The molecule has 0 saturated carbocycles. The van der Waals surface area contributed by atoms with E-state index in [1.165, 1.54) is 0 Å². The van der Waals surface area contributed by atoms with E-state index >= 15 is 0 Å². The Balaban J connectivity index is 2.16. The van der Waals surface area contributed by atoms with Crippen LogP contribution in [-0.4, -0.2) is 17.3 Å². The fourth-order valence-corrected chi connectivity index (χ4v) is 1.71. The van der Waals surface area contributed by atoms with Gasteiger partial charge in [0.15, 0.2) is 0 Å². The number of pyridine rings is 1. The minimum atomic E-state index is -0.122. The van der Waals surface area contributed by atoms with E-state index in [2.05, 4.69) is 0 Å². The van der Waals surface area contributed by atoms with Crippen molar-refractivity contribution >= 4 is 5.69 Å². The Morgan fingerprint density at radius 1 is 1.64 bits per heavy atom. The molecular weight excluding hydrogens is 180 g/mol. The second-order valence-corrected chi connectivity index (χ2v) is 3.56. The van der Waals surface area contributed by atoms with Crippen LogP contribution in [0.4, 0.5) is 5.69 Å². The van der Waals surface area contributed by atoms with Crippen LogP contribution in [0.5, 0.6) is 0 Å². The van der Waals surface area contributed by atoms with Crippen molar-refractivity contribution in [3.8, 4) is 0 Å². The molecule has 1 aromatic heterocycles. The summed E-state index contributed by atoms with van der Waals surface area (Å²) in [6.45, 7) is 1.42. The number of nitrogens with two attached hydrogens (primary N) is 1. The largest absolute Gasteiger partial charge is 0.394 e. The maximum Gasteiger partial charge on any atom is 0.273 e. The first kappa shape index (κ1) is 9.27. The summed E-state index contributed by atoms with van der Waals surface area (Å²) in [7, 11) is 0. The molecule has 1 saturated heterocycles. The molecule has 0 aromatic carbocycles. The molecule has 0 amide bonds. The van der Waals surface area contributed by atoms with Crippen molar-refractivity contribution in [1.82, 2.24) is 4.57 Å². The van der Waals surface area contributed by atoms with Gasteiger partial charge in [0.2, 0.25) is 0 Å².